The van der Waals surface area contributed by atoms with Crippen molar-refractivity contribution in [3.8, 4) is 0 Å². The number of rotatable bonds is 3. The molecule has 1 aromatic heterocycles. The van der Waals surface area contributed by atoms with E-state index >= 15 is 0 Å². The Morgan fingerprint density at radius 3 is 2.47 bits per heavy atom. The second-order valence-electron chi connectivity index (χ2n) is 3.62. The largest absolute Gasteiger partial charge is 0.382 e. The van der Waals surface area contributed by atoms with Crippen LogP contribution in [0, 0.1) is 0 Å². The fourth-order valence-electron chi connectivity index (χ4n) is 1.12. The topological polar surface area (TPSA) is 112 Å². The molecule has 5 N–H and O–H groups in total. The molecule has 0 aliphatic heterocycles. The number of aromatic nitrogens is 3. The molecule has 1 amide bonds. The summed E-state index contributed by atoms with van der Waals surface area (Å²) >= 11 is 0. The first kappa shape index (κ1) is 11.4. The zero-order valence-corrected chi connectivity index (χ0v) is 9.06. The van der Waals surface area contributed by atoms with E-state index in [2.05, 4.69) is 15.6 Å². The lowest BCUT2D eigenvalue weighted by Gasteiger charge is -2.08. The molecule has 1 rings (SSSR count). The van der Waals surface area contributed by atoms with Gasteiger partial charge in [-0.25, -0.2) is 4.68 Å². The molecule has 7 nitrogen and oxygen atoms in total. The molecule has 0 radical (unpaired) electrons. The van der Waals surface area contributed by atoms with Gasteiger partial charge in [0.25, 0.3) is 5.91 Å². The zero-order valence-electron chi connectivity index (χ0n) is 9.06. The third-order valence-corrected chi connectivity index (χ3v) is 1.79. The molecule has 0 saturated carbocycles. The number of nitrogens with one attached hydrogen (secondary N) is 1. The van der Waals surface area contributed by atoms with Crippen LogP contribution >= 0.6 is 0 Å². The Balaban J connectivity index is 2.91. The molecule has 7 heteroatoms. The number of amides is 1. The zero-order chi connectivity index (χ0) is 11.6. The summed E-state index contributed by atoms with van der Waals surface area (Å²) < 4.78 is 1.48. The third-order valence-electron chi connectivity index (χ3n) is 1.79. The Morgan fingerprint density at radius 1 is 1.47 bits per heavy atom. The Bertz CT molecular complexity index is 356. The number of carbonyl (C=O) groups excluding carboxylic acids is 1. The van der Waals surface area contributed by atoms with Gasteiger partial charge in [0, 0.05) is 0 Å². The number of nitrogens with two attached hydrogens (primary N) is 2. The number of anilines is 1. The Labute approximate surface area is 87.8 Å². The van der Waals surface area contributed by atoms with Crippen LogP contribution in [0.1, 0.15) is 37.3 Å². The molecule has 84 valence electrons. The number of hydrogen-bond acceptors (Lipinski definition) is 5. The molecular formula is C8H16N6O. The molecule has 0 bridgehead atoms. The van der Waals surface area contributed by atoms with E-state index in [1.54, 1.807) is 6.92 Å². The molecule has 0 spiro atoms. The minimum Gasteiger partial charge on any atom is -0.382 e. The smallest absolute Gasteiger partial charge is 0.276 e. The predicted octanol–water partition coefficient (Wildman–Crippen LogP) is -0.524. The molecule has 1 heterocycles. The van der Waals surface area contributed by atoms with Gasteiger partial charge < -0.3 is 16.8 Å². The standard InChI is InChI=1S/C8H16N6O/c1-4(2)14-7(10)6(12-13-14)8(15)11-5(3)9/h4-5H,9-10H2,1-3H3,(H,11,15). The van der Waals surface area contributed by atoms with Gasteiger partial charge in [-0.15, -0.1) is 5.10 Å². The second kappa shape index (κ2) is 4.26. The van der Waals surface area contributed by atoms with E-state index in [0.29, 0.717) is 0 Å². The van der Waals surface area contributed by atoms with E-state index in [9.17, 15) is 4.79 Å². The van der Waals surface area contributed by atoms with Gasteiger partial charge in [0.2, 0.25) is 0 Å². The molecule has 0 aliphatic rings. The van der Waals surface area contributed by atoms with Crippen molar-refractivity contribution in [2.75, 3.05) is 5.73 Å². The van der Waals surface area contributed by atoms with Gasteiger partial charge in [-0.1, -0.05) is 5.21 Å². The SMILES string of the molecule is CC(N)NC(=O)c1nnn(C(C)C)c1N. The number of hydrogen-bond donors (Lipinski definition) is 3. The maximum absolute atomic E-state index is 11.5. The van der Waals surface area contributed by atoms with E-state index in [-0.39, 0.29) is 17.6 Å². The van der Waals surface area contributed by atoms with Crippen molar-refractivity contribution in [2.24, 2.45) is 5.73 Å². The summed E-state index contributed by atoms with van der Waals surface area (Å²) in [6.07, 6.45) is -0.443. The molecule has 1 unspecified atom stereocenters. The first-order valence-electron chi connectivity index (χ1n) is 4.70. The molecule has 1 aromatic rings. The number of nitrogen functional groups attached to an aromatic ring is 1. The van der Waals surface area contributed by atoms with E-state index in [0.717, 1.165) is 0 Å². The number of nitrogens with zero attached hydrogens (tertiary/aromatic N) is 3. The van der Waals surface area contributed by atoms with Crippen molar-refractivity contribution in [1.82, 2.24) is 20.3 Å². The highest BCUT2D eigenvalue weighted by atomic mass is 16.2. The molecule has 1 atom stereocenters. The summed E-state index contributed by atoms with van der Waals surface area (Å²) in [6.45, 7) is 5.46. The fourth-order valence-corrected chi connectivity index (χ4v) is 1.12. The first-order valence-corrected chi connectivity index (χ1v) is 4.70. The molecule has 0 aliphatic carbocycles. The summed E-state index contributed by atoms with van der Waals surface area (Å²) in [6, 6.07) is 0.0642. The average molecular weight is 212 g/mol. The Kier molecular flexibility index (Phi) is 3.25. The quantitative estimate of drug-likeness (QED) is 0.583. The number of carbonyl (C=O) groups is 1. The molecule has 0 saturated heterocycles. The van der Waals surface area contributed by atoms with Gasteiger partial charge in [-0.3, -0.25) is 4.79 Å². The summed E-state index contributed by atoms with van der Waals surface area (Å²) in [5, 5.41) is 9.99. The van der Waals surface area contributed by atoms with Gasteiger partial charge in [-0.2, -0.15) is 0 Å². The van der Waals surface area contributed by atoms with Gasteiger partial charge in [-0.05, 0) is 20.8 Å². The molecule has 15 heavy (non-hydrogen) atoms. The predicted molar refractivity (Wildman–Crippen MR) is 55.9 cm³/mol. The van der Waals surface area contributed by atoms with Crippen LogP contribution in [-0.2, 0) is 0 Å². The van der Waals surface area contributed by atoms with Gasteiger partial charge in [0.15, 0.2) is 11.5 Å². The van der Waals surface area contributed by atoms with E-state index in [4.69, 9.17) is 11.5 Å². The van der Waals surface area contributed by atoms with Crippen molar-refractivity contribution < 1.29 is 4.79 Å². The van der Waals surface area contributed by atoms with Crippen LogP contribution in [0.15, 0.2) is 0 Å². The second-order valence-corrected chi connectivity index (χ2v) is 3.62. The van der Waals surface area contributed by atoms with Crippen molar-refractivity contribution in [1.29, 1.82) is 0 Å². The van der Waals surface area contributed by atoms with E-state index < -0.39 is 12.1 Å². The maximum Gasteiger partial charge on any atom is 0.276 e. The van der Waals surface area contributed by atoms with Crippen LogP contribution in [0.4, 0.5) is 5.82 Å². The van der Waals surface area contributed by atoms with Crippen LogP contribution in [0.25, 0.3) is 0 Å². The van der Waals surface area contributed by atoms with Crippen LogP contribution in [0.5, 0.6) is 0 Å². The monoisotopic (exact) mass is 212 g/mol. The molecule has 0 aromatic carbocycles. The highest BCUT2D eigenvalue weighted by molar-refractivity contribution is 5.96. The lowest BCUT2D eigenvalue weighted by atomic mass is 10.3. The first-order chi connectivity index (χ1) is 6.93. The van der Waals surface area contributed by atoms with Crippen LogP contribution in [-0.4, -0.2) is 27.1 Å². The molecular weight excluding hydrogens is 196 g/mol. The van der Waals surface area contributed by atoms with Crippen molar-refractivity contribution in [3.05, 3.63) is 5.69 Å². The van der Waals surface area contributed by atoms with Gasteiger partial charge in [0.1, 0.15) is 0 Å². The summed E-state index contributed by atoms with van der Waals surface area (Å²) in [7, 11) is 0. The highest BCUT2D eigenvalue weighted by Gasteiger charge is 2.18. The van der Waals surface area contributed by atoms with E-state index in [1.807, 2.05) is 13.8 Å². The highest BCUT2D eigenvalue weighted by Crippen LogP contribution is 2.12. The fraction of sp³-hybridized carbons (Fsp3) is 0.625. The maximum atomic E-state index is 11.5. The lowest BCUT2D eigenvalue weighted by molar-refractivity contribution is 0.0937. The van der Waals surface area contributed by atoms with Crippen molar-refractivity contribution in [2.45, 2.75) is 33.0 Å². The minimum absolute atomic E-state index is 0.0642. The Hall–Kier alpha value is -1.63. The minimum atomic E-state index is -0.443. The third kappa shape index (κ3) is 2.44. The van der Waals surface area contributed by atoms with Crippen LogP contribution in [0.2, 0.25) is 0 Å². The average Bonchev–Trinajstić information content (AvgIpc) is 2.45. The van der Waals surface area contributed by atoms with Crippen LogP contribution in [0.3, 0.4) is 0 Å². The summed E-state index contributed by atoms with van der Waals surface area (Å²) in [5.74, 6) is -0.155. The Morgan fingerprint density at radius 2 is 2.07 bits per heavy atom. The van der Waals surface area contributed by atoms with Gasteiger partial charge in [0.05, 0.1) is 12.2 Å². The molecule has 0 fully saturated rings. The van der Waals surface area contributed by atoms with E-state index in [1.165, 1.54) is 4.68 Å². The normalized spacial score (nSPS) is 12.9. The lowest BCUT2D eigenvalue weighted by Crippen LogP contribution is -2.39. The summed E-state index contributed by atoms with van der Waals surface area (Å²) in [5.41, 5.74) is 11.2. The summed E-state index contributed by atoms with van der Waals surface area (Å²) in [4.78, 5) is 11.5. The van der Waals surface area contributed by atoms with Gasteiger partial charge >= 0.3 is 0 Å². The van der Waals surface area contributed by atoms with Crippen molar-refractivity contribution in [3.63, 3.8) is 0 Å². The van der Waals surface area contributed by atoms with Crippen molar-refractivity contribution >= 4 is 11.7 Å². The van der Waals surface area contributed by atoms with Crippen LogP contribution < -0.4 is 16.8 Å².